The van der Waals surface area contributed by atoms with E-state index in [1.165, 1.54) is 11.9 Å². The van der Waals surface area contributed by atoms with Crippen molar-refractivity contribution in [2.24, 2.45) is 11.3 Å². The third-order valence-electron chi connectivity index (χ3n) is 7.99. The van der Waals surface area contributed by atoms with Crippen LogP contribution in [0.4, 0.5) is 0 Å². The van der Waals surface area contributed by atoms with Gasteiger partial charge in [-0.25, -0.2) is 4.98 Å². The Kier molecular flexibility index (Phi) is 10.5. The van der Waals surface area contributed by atoms with Gasteiger partial charge in [-0.3, -0.25) is 14.0 Å². The van der Waals surface area contributed by atoms with Gasteiger partial charge in [-0.1, -0.05) is 51.4 Å². The lowest BCUT2D eigenvalue weighted by Crippen LogP contribution is -2.49. The number of aliphatic hydroxyl groups is 1. The van der Waals surface area contributed by atoms with Crippen molar-refractivity contribution in [2.45, 2.75) is 78.5 Å². The number of rotatable bonds is 9. The van der Waals surface area contributed by atoms with Gasteiger partial charge in [0.15, 0.2) is 0 Å². The molecule has 1 N–H and O–H groups in total. The van der Waals surface area contributed by atoms with E-state index in [0.29, 0.717) is 36.6 Å². The molecule has 2 aromatic carbocycles. The Hall–Kier alpha value is -2.50. The maximum absolute atomic E-state index is 12.5. The van der Waals surface area contributed by atoms with Crippen molar-refractivity contribution in [1.29, 1.82) is 0 Å². The lowest BCUT2D eigenvalue weighted by molar-refractivity contribution is -0.0907. The van der Waals surface area contributed by atoms with Gasteiger partial charge in [-0.2, -0.15) is 10.1 Å². The van der Waals surface area contributed by atoms with Crippen LogP contribution >= 0.6 is 34.2 Å². The van der Waals surface area contributed by atoms with E-state index in [-0.39, 0.29) is 16.9 Å². The van der Waals surface area contributed by atoms with Gasteiger partial charge < -0.3 is 9.84 Å². The molecule has 220 valence electrons. The van der Waals surface area contributed by atoms with E-state index in [4.69, 9.17) is 16.3 Å². The SMILES string of the molecule is CC1(C)CCC(Cc2ccc(Cl)cc2)C1(O)Cn1cncn1.CCCOc1nc2ccc(I)cc2c(=O)n1CCC. The molecule has 2 aromatic heterocycles. The number of hydrogen-bond acceptors (Lipinski definition) is 6. The molecule has 2 atom stereocenters. The number of fused-ring (bicyclic) bond motifs is 1. The third kappa shape index (κ3) is 7.29. The molecular formula is C31H39ClIN5O3. The second-order valence-corrected chi connectivity index (χ2v) is 13.0. The summed E-state index contributed by atoms with van der Waals surface area (Å²) in [4.78, 5) is 21.0. The van der Waals surface area contributed by atoms with Crippen LogP contribution in [-0.2, 0) is 19.5 Å². The highest BCUT2D eigenvalue weighted by Gasteiger charge is 2.54. The Bertz CT molecular complexity index is 1490. The number of aromatic nitrogens is 5. The van der Waals surface area contributed by atoms with E-state index in [2.05, 4.69) is 51.5 Å². The molecular weight excluding hydrogens is 653 g/mol. The summed E-state index contributed by atoms with van der Waals surface area (Å²) in [5.74, 6) is 0.202. The predicted octanol–water partition coefficient (Wildman–Crippen LogP) is 6.54. The molecule has 8 nitrogen and oxygen atoms in total. The largest absolute Gasteiger partial charge is 0.465 e. The summed E-state index contributed by atoms with van der Waals surface area (Å²) in [5.41, 5.74) is 0.959. The van der Waals surface area contributed by atoms with Gasteiger partial charge in [0.05, 0.1) is 29.7 Å². The summed E-state index contributed by atoms with van der Waals surface area (Å²) < 4.78 is 10.0. The van der Waals surface area contributed by atoms with Crippen molar-refractivity contribution in [3.05, 3.63) is 79.6 Å². The average molecular weight is 692 g/mol. The zero-order chi connectivity index (χ0) is 29.6. The second-order valence-electron chi connectivity index (χ2n) is 11.3. The zero-order valence-electron chi connectivity index (χ0n) is 24.2. The molecule has 4 aromatic rings. The first-order valence-corrected chi connectivity index (χ1v) is 15.7. The molecule has 0 bridgehead atoms. The van der Waals surface area contributed by atoms with Crippen molar-refractivity contribution < 1.29 is 9.84 Å². The highest BCUT2D eigenvalue weighted by Crippen LogP contribution is 2.51. The van der Waals surface area contributed by atoms with E-state index in [1.54, 1.807) is 15.6 Å². The quantitative estimate of drug-likeness (QED) is 0.200. The van der Waals surface area contributed by atoms with Crippen LogP contribution in [0.5, 0.6) is 6.01 Å². The topological polar surface area (TPSA) is 95.1 Å². The summed E-state index contributed by atoms with van der Waals surface area (Å²) in [6.45, 7) is 10.1. The van der Waals surface area contributed by atoms with Gasteiger partial charge in [0.25, 0.3) is 11.6 Å². The molecule has 1 aliphatic carbocycles. The Balaban J connectivity index is 0.000000191. The molecule has 0 saturated heterocycles. The smallest absolute Gasteiger partial charge is 0.299 e. The van der Waals surface area contributed by atoms with Crippen LogP contribution in [0.15, 0.2) is 59.9 Å². The van der Waals surface area contributed by atoms with Crippen molar-refractivity contribution in [3.63, 3.8) is 0 Å². The fourth-order valence-corrected chi connectivity index (χ4v) is 6.14. The number of ether oxygens (including phenoxy) is 1. The Morgan fingerprint density at radius 3 is 2.56 bits per heavy atom. The Morgan fingerprint density at radius 2 is 1.90 bits per heavy atom. The molecule has 1 aliphatic rings. The molecule has 5 rings (SSSR count). The number of benzene rings is 2. The zero-order valence-corrected chi connectivity index (χ0v) is 27.1. The van der Waals surface area contributed by atoms with Crippen LogP contribution in [0.25, 0.3) is 10.9 Å². The van der Waals surface area contributed by atoms with Crippen molar-refractivity contribution in [1.82, 2.24) is 24.3 Å². The fourth-order valence-electron chi connectivity index (χ4n) is 5.52. The van der Waals surface area contributed by atoms with E-state index in [9.17, 15) is 9.90 Å². The van der Waals surface area contributed by atoms with Gasteiger partial charge >= 0.3 is 0 Å². The summed E-state index contributed by atoms with van der Waals surface area (Å²) in [7, 11) is 0. The average Bonchev–Trinajstić information content (AvgIpc) is 3.53. The molecule has 10 heteroatoms. The summed E-state index contributed by atoms with van der Waals surface area (Å²) in [6, 6.07) is 14.0. The first kappa shape index (κ1) is 31.4. The maximum atomic E-state index is 12.5. The van der Waals surface area contributed by atoms with E-state index >= 15 is 0 Å². The Morgan fingerprint density at radius 1 is 1.15 bits per heavy atom. The molecule has 0 spiro atoms. The maximum Gasteiger partial charge on any atom is 0.299 e. The van der Waals surface area contributed by atoms with E-state index < -0.39 is 5.60 Å². The van der Waals surface area contributed by atoms with Crippen LogP contribution < -0.4 is 10.3 Å². The highest BCUT2D eigenvalue weighted by atomic mass is 127. The number of nitrogens with zero attached hydrogens (tertiary/aromatic N) is 5. The van der Waals surface area contributed by atoms with Crippen molar-refractivity contribution >= 4 is 45.1 Å². The van der Waals surface area contributed by atoms with Crippen molar-refractivity contribution in [2.75, 3.05) is 6.61 Å². The molecule has 2 heterocycles. The molecule has 41 heavy (non-hydrogen) atoms. The van der Waals surface area contributed by atoms with Crippen LogP contribution in [0.1, 0.15) is 58.9 Å². The second kappa shape index (κ2) is 13.6. The third-order valence-corrected chi connectivity index (χ3v) is 8.92. The van der Waals surface area contributed by atoms with Crippen LogP contribution in [0.2, 0.25) is 5.02 Å². The monoisotopic (exact) mass is 691 g/mol. The Labute approximate surface area is 260 Å². The normalized spacial score (nSPS) is 19.6. The molecule has 2 unspecified atom stereocenters. The van der Waals surface area contributed by atoms with Crippen LogP contribution in [-0.4, -0.2) is 41.6 Å². The summed E-state index contributed by atoms with van der Waals surface area (Å²) in [5, 5.41) is 17.0. The lowest BCUT2D eigenvalue weighted by atomic mass is 9.72. The predicted molar refractivity (Wildman–Crippen MR) is 171 cm³/mol. The van der Waals surface area contributed by atoms with Gasteiger partial charge in [0, 0.05) is 15.1 Å². The molecule has 0 amide bonds. The van der Waals surface area contributed by atoms with E-state index in [1.807, 2.05) is 56.3 Å². The minimum Gasteiger partial charge on any atom is -0.465 e. The summed E-state index contributed by atoms with van der Waals surface area (Å²) >= 11 is 8.16. The van der Waals surface area contributed by atoms with Gasteiger partial charge in [0.2, 0.25) is 0 Å². The minimum absolute atomic E-state index is 0.0172. The summed E-state index contributed by atoms with van der Waals surface area (Å²) in [6.07, 6.45) is 7.83. The minimum atomic E-state index is -0.791. The van der Waals surface area contributed by atoms with Crippen molar-refractivity contribution in [3.8, 4) is 6.01 Å². The standard InChI is InChI=1S/C17H22ClN3O.C14H17IN2O2/c1-16(2)8-7-14(9-13-3-5-15(18)6-4-13)17(16,22)10-21-12-19-11-20-21;1-3-7-17-13(18)11-9-10(15)5-6-12(11)16-14(17)19-8-4-2/h3-6,11-12,14,22H,7-10H2,1-2H3;5-6,9H,3-4,7-8H2,1-2H3. The first-order chi connectivity index (χ1) is 19.6. The van der Waals surface area contributed by atoms with E-state index in [0.717, 1.165) is 40.7 Å². The van der Waals surface area contributed by atoms with Gasteiger partial charge in [-0.15, -0.1) is 0 Å². The molecule has 0 aliphatic heterocycles. The number of halogens is 2. The highest BCUT2D eigenvalue weighted by molar-refractivity contribution is 14.1. The van der Waals surface area contributed by atoms with Gasteiger partial charge in [0.1, 0.15) is 12.7 Å². The number of hydrogen-bond donors (Lipinski definition) is 1. The first-order valence-electron chi connectivity index (χ1n) is 14.2. The van der Waals surface area contributed by atoms with Gasteiger partial charge in [-0.05, 0) is 102 Å². The molecule has 0 radical (unpaired) electrons. The molecule has 1 fully saturated rings. The molecule has 1 saturated carbocycles. The van der Waals surface area contributed by atoms with Crippen LogP contribution in [0.3, 0.4) is 0 Å². The lowest BCUT2D eigenvalue weighted by Gasteiger charge is -2.40. The van der Waals surface area contributed by atoms with Crippen LogP contribution in [0, 0.1) is 14.9 Å². The fraction of sp³-hybridized carbons (Fsp3) is 0.484.